The third-order valence-electron chi connectivity index (χ3n) is 3.31. The smallest absolute Gasteiger partial charge is 0.240 e. The van der Waals surface area contributed by atoms with Crippen molar-refractivity contribution in [2.24, 2.45) is 5.73 Å². The van der Waals surface area contributed by atoms with Crippen LogP contribution in [0.1, 0.15) is 45.7 Å². The first-order valence-electron chi connectivity index (χ1n) is 6.69. The van der Waals surface area contributed by atoms with Crippen molar-refractivity contribution in [3.05, 3.63) is 24.2 Å². The van der Waals surface area contributed by atoms with Gasteiger partial charge in [0.25, 0.3) is 0 Å². The summed E-state index contributed by atoms with van der Waals surface area (Å²) in [6, 6.07) is 2.02. The minimum atomic E-state index is -0.338. The fourth-order valence-electron chi connectivity index (χ4n) is 1.65. The van der Waals surface area contributed by atoms with Crippen LogP contribution >= 0.6 is 0 Å². The van der Waals surface area contributed by atoms with E-state index in [2.05, 4.69) is 23.9 Å². The van der Waals surface area contributed by atoms with Crippen LogP contribution in [0, 0.1) is 0 Å². The van der Waals surface area contributed by atoms with Gasteiger partial charge >= 0.3 is 0 Å². The second kappa shape index (κ2) is 5.17. The molecule has 5 heteroatoms. The molecular formula is C14H22N4O. The quantitative estimate of drug-likeness (QED) is 0.898. The fraction of sp³-hybridized carbons (Fsp3) is 0.571. The summed E-state index contributed by atoms with van der Waals surface area (Å²) in [7, 11) is 0. The minimum absolute atomic E-state index is 0.338. The number of nitrogens with zero attached hydrogens (tertiary/aromatic N) is 3. The molecule has 1 atom stereocenters. The lowest BCUT2D eigenvalue weighted by molar-refractivity contribution is 0.220. The van der Waals surface area contributed by atoms with Crippen molar-refractivity contribution in [1.29, 1.82) is 0 Å². The average Bonchev–Trinajstić information content (AvgIpc) is 2.81. The van der Waals surface area contributed by atoms with Gasteiger partial charge in [0.2, 0.25) is 5.88 Å². The molecule has 2 aromatic heterocycles. The average molecular weight is 262 g/mol. The number of nitrogens with two attached hydrogens (primary N) is 1. The largest absolute Gasteiger partial charge is 0.474 e. The summed E-state index contributed by atoms with van der Waals surface area (Å²) in [5.74, 6) is 0.968. The first-order chi connectivity index (χ1) is 8.93. The SMILES string of the molecule is CCC(C)(N)COc1nccn2nc(C(C)C)cc12. The van der Waals surface area contributed by atoms with Crippen molar-refractivity contribution in [3.8, 4) is 5.88 Å². The van der Waals surface area contributed by atoms with E-state index in [-0.39, 0.29) is 5.54 Å². The van der Waals surface area contributed by atoms with Gasteiger partial charge in [-0.15, -0.1) is 0 Å². The number of ether oxygens (including phenoxy) is 1. The number of aromatic nitrogens is 3. The number of fused-ring (bicyclic) bond motifs is 1. The van der Waals surface area contributed by atoms with Crippen LogP contribution in [0.25, 0.3) is 5.52 Å². The normalized spacial score (nSPS) is 14.8. The standard InChI is InChI=1S/C14H22N4O/c1-5-14(4,15)9-19-13-12-8-11(10(2)3)17-18(12)7-6-16-13/h6-8,10H,5,9,15H2,1-4H3. The van der Waals surface area contributed by atoms with E-state index >= 15 is 0 Å². The van der Waals surface area contributed by atoms with Gasteiger partial charge in [0.15, 0.2) is 0 Å². The predicted molar refractivity (Wildman–Crippen MR) is 75.5 cm³/mol. The maximum Gasteiger partial charge on any atom is 0.240 e. The van der Waals surface area contributed by atoms with Crippen LogP contribution in [0.4, 0.5) is 0 Å². The van der Waals surface area contributed by atoms with Gasteiger partial charge in [-0.2, -0.15) is 5.10 Å². The first kappa shape index (κ1) is 13.8. The van der Waals surface area contributed by atoms with E-state index in [0.29, 0.717) is 18.4 Å². The Hall–Kier alpha value is -1.62. The van der Waals surface area contributed by atoms with Gasteiger partial charge in [-0.3, -0.25) is 0 Å². The molecule has 19 heavy (non-hydrogen) atoms. The Morgan fingerprint density at radius 3 is 2.84 bits per heavy atom. The molecule has 0 radical (unpaired) electrons. The molecule has 0 aliphatic carbocycles. The summed E-state index contributed by atoms with van der Waals surface area (Å²) in [4.78, 5) is 4.28. The molecule has 0 spiro atoms. The Bertz CT molecular complexity index is 560. The van der Waals surface area contributed by atoms with Crippen LogP contribution in [-0.4, -0.2) is 26.7 Å². The van der Waals surface area contributed by atoms with Crippen LogP contribution in [0.15, 0.2) is 18.5 Å². The molecule has 0 aliphatic heterocycles. The molecule has 0 saturated carbocycles. The Balaban J connectivity index is 2.28. The molecule has 2 N–H and O–H groups in total. The van der Waals surface area contributed by atoms with Crippen molar-refractivity contribution in [2.45, 2.75) is 45.6 Å². The second-order valence-corrected chi connectivity index (χ2v) is 5.58. The zero-order chi connectivity index (χ0) is 14.0. The van der Waals surface area contributed by atoms with Gasteiger partial charge in [0.1, 0.15) is 12.1 Å². The summed E-state index contributed by atoms with van der Waals surface area (Å²) in [6.45, 7) is 8.70. The van der Waals surface area contributed by atoms with Crippen molar-refractivity contribution >= 4 is 5.52 Å². The maximum atomic E-state index is 6.09. The molecule has 2 aromatic rings. The van der Waals surface area contributed by atoms with E-state index in [4.69, 9.17) is 10.5 Å². The lowest BCUT2D eigenvalue weighted by atomic mass is 10.0. The summed E-state index contributed by atoms with van der Waals surface area (Å²) in [5, 5.41) is 4.50. The van der Waals surface area contributed by atoms with Crippen LogP contribution in [0.3, 0.4) is 0 Å². The van der Waals surface area contributed by atoms with Gasteiger partial charge in [-0.05, 0) is 25.3 Å². The fourth-order valence-corrected chi connectivity index (χ4v) is 1.65. The second-order valence-electron chi connectivity index (χ2n) is 5.58. The van der Waals surface area contributed by atoms with E-state index in [1.807, 2.05) is 26.1 Å². The summed E-state index contributed by atoms with van der Waals surface area (Å²) in [6.07, 6.45) is 4.38. The molecular weight excluding hydrogens is 240 g/mol. The van der Waals surface area contributed by atoms with Gasteiger partial charge in [-0.1, -0.05) is 20.8 Å². The van der Waals surface area contributed by atoms with Gasteiger partial charge in [-0.25, -0.2) is 9.50 Å². The molecule has 1 unspecified atom stereocenters. The zero-order valence-electron chi connectivity index (χ0n) is 12.1. The third kappa shape index (κ3) is 3.04. The third-order valence-corrected chi connectivity index (χ3v) is 3.31. The summed E-state index contributed by atoms with van der Waals surface area (Å²) in [5.41, 5.74) is 7.67. The van der Waals surface area contributed by atoms with Crippen LogP contribution in [0.5, 0.6) is 5.88 Å². The highest BCUT2D eigenvalue weighted by Crippen LogP contribution is 2.22. The van der Waals surface area contributed by atoms with Crippen molar-refractivity contribution in [1.82, 2.24) is 14.6 Å². The molecule has 0 aromatic carbocycles. The molecule has 2 heterocycles. The molecule has 0 fully saturated rings. The molecule has 0 aliphatic rings. The Labute approximate surface area is 113 Å². The Morgan fingerprint density at radius 1 is 1.47 bits per heavy atom. The van der Waals surface area contributed by atoms with Gasteiger partial charge < -0.3 is 10.5 Å². The number of hydrogen-bond donors (Lipinski definition) is 1. The van der Waals surface area contributed by atoms with E-state index in [0.717, 1.165) is 17.6 Å². The highest BCUT2D eigenvalue weighted by atomic mass is 16.5. The van der Waals surface area contributed by atoms with Crippen molar-refractivity contribution in [3.63, 3.8) is 0 Å². The van der Waals surface area contributed by atoms with Crippen LogP contribution in [0.2, 0.25) is 0 Å². The first-order valence-corrected chi connectivity index (χ1v) is 6.69. The Kier molecular flexibility index (Phi) is 3.75. The molecule has 5 nitrogen and oxygen atoms in total. The number of hydrogen-bond acceptors (Lipinski definition) is 4. The van der Waals surface area contributed by atoms with Crippen molar-refractivity contribution in [2.75, 3.05) is 6.61 Å². The van der Waals surface area contributed by atoms with E-state index < -0.39 is 0 Å². The minimum Gasteiger partial charge on any atom is -0.474 e. The lowest BCUT2D eigenvalue weighted by Crippen LogP contribution is -2.41. The topological polar surface area (TPSA) is 65.4 Å². The highest BCUT2D eigenvalue weighted by molar-refractivity contribution is 5.56. The Morgan fingerprint density at radius 2 is 2.21 bits per heavy atom. The van der Waals surface area contributed by atoms with E-state index in [1.165, 1.54) is 0 Å². The maximum absolute atomic E-state index is 6.09. The number of rotatable bonds is 5. The monoisotopic (exact) mass is 262 g/mol. The van der Waals surface area contributed by atoms with E-state index in [1.54, 1.807) is 10.7 Å². The molecule has 104 valence electrons. The van der Waals surface area contributed by atoms with Crippen molar-refractivity contribution < 1.29 is 4.74 Å². The van der Waals surface area contributed by atoms with E-state index in [9.17, 15) is 0 Å². The highest BCUT2D eigenvalue weighted by Gasteiger charge is 2.18. The predicted octanol–water partition coefficient (Wildman–Crippen LogP) is 2.36. The molecule has 2 rings (SSSR count). The zero-order valence-corrected chi connectivity index (χ0v) is 12.1. The van der Waals surface area contributed by atoms with Crippen LogP contribution in [-0.2, 0) is 0 Å². The molecule has 0 saturated heterocycles. The molecule has 0 bridgehead atoms. The lowest BCUT2D eigenvalue weighted by Gasteiger charge is -2.22. The molecule has 0 amide bonds. The summed E-state index contributed by atoms with van der Waals surface area (Å²) < 4.78 is 7.57. The summed E-state index contributed by atoms with van der Waals surface area (Å²) >= 11 is 0. The van der Waals surface area contributed by atoms with Crippen LogP contribution < -0.4 is 10.5 Å². The van der Waals surface area contributed by atoms with Gasteiger partial charge in [0, 0.05) is 17.9 Å². The van der Waals surface area contributed by atoms with Gasteiger partial charge in [0.05, 0.1) is 5.69 Å².